The minimum Gasteiger partial charge on any atom is -0.354 e. The van der Waals surface area contributed by atoms with Crippen molar-refractivity contribution in [3.05, 3.63) is 35.4 Å². The molecule has 0 heterocycles. The molecule has 3 heteroatoms. The second-order valence-corrected chi connectivity index (χ2v) is 6.36. The molecule has 116 valence electrons. The molecule has 1 aliphatic rings. The predicted molar refractivity (Wildman–Crippen MR) is 87.5 cm³/mol. The molecule has 2 rings (SSSR count). The third-order valence-electron chi connectivity index (χ3n) is 4.86. The molecule has 1 aromatic rings. The predicted octanol–water partition coefficient (Wildman–Crippen LogP) is 2.92. The Bertz CT molecular complexity index is 478. The largest absolute Gasteiger partial charge is 0.354 e. The highest BCUT2D eigenvalue weighted by Gasteiger charge is 2.41. The molecule has 0 bridgehead atoms. The molecule has 0 spiro atoms. The Hall–Kier alpha value is -1.35. The van der Waals surface area contributed by atoms with Crippen molar-refractivity contribution in [1.29, 1.82) is 0 Å². The first-order valence-corrected chi connectivity index (χ1v) is 8.12. The van der Waals surface area contributed by atoms with Gasteiger partial charge in [-0.15, -0.1) is 0 Å². The van der Waals surface area contributed by atoms with E-state index in [4.69, 9.17) is 0 Å². The van der Waals surface area contributed by atoms with Crippen molar-refractivity contribution in [1.82, 2.24) is 10.6 Å². The van der Waals surface area contributed by atoms with Crippen molar-refractivity contribution >= 4 is 5.91 Å². The Balaban J connectivity index is 2.25. The van der Waals surface area contributed by atoms with Crippen LogP contribution in [0.3, 0.4) is 0 Å². The number of carbonyl (C=O) groups excluding carboxylic acids is 1. The number of hydrogen-bond acceptors (Lipinski definition) is 2. The van der Waals surface area contributed by atoms with Gasteiger partial charge in [0.05, 0.1) is 5.41 Å². The average molecular weight is 288 g/mol. The molecular weight excluding hydrogens is 260 g/mol. The fourth-order valence-corrected chi connectivity index (χ4v) is 3.40. The molecule has 1 saturated carbocycles. The average Bonchev–Trinajstić information content (AvgIpc) is 2.53. The molecular formula is C18H28N2O. The summed E-state index contributed by atoms with van der Waals surface area (Å²) in [6.07, 6.45) is 5.47. The standard InChI is InChI=1S/C18H28N2O/c1-14-9-5-6-10-16(14)18(11-7-4-8-12-18)17(21)20-13-15(2)19-3/h5-6,9-10,15,19H,4,7-8,11-13H2,1-3H3,(H,20,21). The summed E-state index contributed by atoms with van der Waals surface area (Å²) in [7, 11) is 1.93. The zero-order valence-corrected chi connectivity index (χ0v) is 13.5. The number of benzene rings is 1. The highest BCUT2D eigenvalue weighted by atomic mass is 16.2. The Kier molecular flexibility index (Phi) is 5.40. The van der Waals surface area contributed by atoms with Crippen molar-refractivity contribution in [3.8, 4) is 0 Å². The first-order chi connectivity index (χ1) is 10.1. The van der Waals surface area contributed by atoms with Crippen molar-refractivity contribution in [2.75, 3.05) is 13.6 Å². The van der Waals surface area contributed by atoms with Crippen LogP contribution in [0.5, 0.6) is 0 Å². The van der Waals surface area contributed by atoms with Crippen molar-refractivity contribution in [2.45, 2.75) is 57.4 Å². The summed E-state index contributed by atoms with van der Waals surface area (Å²) in [5.41, 5.74) is 2.13. The number of aryl methyl sites for hydroxylation is 1. The van der Waals surface area contributed by atoms with Crippen molar-refractivity contribution in [3.63, 3.8) is 0 Å². The van der Waals surface area contributed by atoms with E-state index >= 15 is 0 Å². The zero-order chi connectivity index (χ0) is 15.3. The minimum atomic E-state index is -0.322. The Morgan fingerprint density at radius 3 is 2.52 bits per heavy atom. The van der Waals surface area contributed by atoms with Crippen LogP contribution in [0.25, 0.3) is 0 Å². The summed E-state index contributed by atoms with van der Waals surface area (Å²) in [6, 6.07) is 8.67. The van der Waals surface area contributed by atoms with E-state index in [1.807, 2.05) is 7.05 Å². The summed E-state index contributed by atoms with van der Waals surface area (Å²) < 4.78 is 0. The third-order valence-corrected chi connectivity index (χ3v) is 4.86. The molecule has 1 amide bonds. The lowest BCUT2D eigenvalue weighted by atomic mass is 9.67. The third kappa shape index (κ3) is 3.46. The second kappa shape index (κ2) is 7.08. The number of amides is 1. The van der Waals surface area contributed by atoms with E-state index < -0.39 is 0 Å². The van der Waals surface area contributed by atoms with Gasteiger partial charge in [-0.1, -0.05) is 43.5 Å². The first-order valence-electron chi connectivity index (χ1n) is 8.12. The summed E-state index contributed by atoms with van der Waals surface area (Å²) in [5, 5.41) is 6.34. The number of nitrogens with one attached hydrogen (secondary N) is 2. The topological polar surface area (TPSA) is 41.1 Å². The van der Waals surface area contributed by atoms with Crippen LogP contribution in [-0.2, 0) is 10.2 Å². The Morgan fingerprint density at radius 2 is 1.90 bits per heavy atom. The van der Waals surface area contributed by atoms with Gasteiger partial charge in [0.15, 0.2) is 0 Å². The zero-order valence-electron chi connectivity index (χ0n) is 13.5. The van der Waals surface area contributed by atoms with Gasteiger partial charge in [0, 0.05) is 12.6 Å². The van der Waals surface area contributed by atoms with Crippen LogP contribution >= 0.6 is 0 Å². The van der Waals surface area contributed by atoms with Gasteiger partial charge in [0.1, 0.15) is 0 Å². The van der Waals surface area contributed by atoms with Crippen LogP contribution in [0, 0.1) is 6.92 Å². The molecule has 1 aromatic carbocycles. The van der Waals surface area contributed by atoms with Gasteiger partial charge in [-0.25, -0.2) is 0 Å². The van der Waals surface area contributed by atoms with Crippen LogP contribution < -0.4 is 10.6 Å². The normalized spacial score (nSPS) is 19.0. The lowest BCUT2D eigenvalue weighted by Crippen LogP contribution is -2.49. The molecule has 0 radical (unpaired) electrons. The van der Waals surface area contributed by atoms with Crippen LogP contribution in [-0.4, -0.2) is 25.5 Å². The maximum Gasteiger partial charge on any atom is 0.230 e. The van der Waals surface area contributed by atoms with E-state index in [1.165, 1.54) is 17.5 Å². The summed E-state index contributed by atoms with van der Waals surface area (Å²) in [6.45, 7) is 4.89. The van der Waals surface area contributed by atoms with Crippen LogP contribution in [0.2, 0.25) is 0 Å². The Labute approximate surface area is 128 Å². The van der Waals surface area contributed by atoms with E-state index in [1.54, 1.807) is 0 Å². The highest BCUT2D eigenvalue weighted by molar-refractivity contribution is 5.88. The van der Waals surface area contributed by atoms with Crippen molar-refractivity contribution in [2.24, 2.45) is 0 Å². The van der Waals surface area contributed by atoms with Gasteiger partial charge in [-0.05, 0) is 44.9 Å². The van der Waals surface area contributed by atoms with Gasteiger partial charge in [0.2, 0.25) is 5.91 Å². The molecule has 1 unspecified atom stereocenters. The minimum absolute atomic E-state index is 0.207. The van der Waals surface area contributed by atoms with E-state index in [-0.39, 0.29) is 11.3 Å². The van der Waals surface area contributed by atoms with Gasteiger partial charge < -0.3 is 10.6 Å². The maximum atomic E-state index is 13.0. The lowest BCUT2D eigenvalue weighted by molar-refractivity contribution is -0.128. The number of hydrogen-bond donors (Lipinski definition) is 2. The molecule has 1 fully saturated rings. The molecule has 0 aromatic heterocycles. The smallest absolute Gasteiger partial charge is 0.230 e. The van der Waals surface area contributed by atoms with E-state index in [0.717, 1.165) is 25.7 Å². The van der Waals surface area contributed by atoms with E-state index in [0.29, 0.717) is 12.6 Å². The summed E-state index contributed by atoms with van der Waals surface area (Å²) >= 11 is 0. The van der Waals surface area contributed by atoms with Crippen LogP contribution in [0.4, 0.5) is 0 Å². The van der Waals surface area contributed by atoms with Gasteiger partial charge >= 0.3 is 0 Å². The molecule has 1 atom stereocenters. The van der Waals surface area contributed by atoms with Crippen molar-refractivity contribution < 1.29 is 4.79 Å². The number of rotatable bonds is 5. The Morgan fingerprint density at radius 1 is 1.24 bits per heavy atom. The monoisotopic (exact) mass is 288 g/mol. The SMILES string of the molecule is CNC(C)CNC(=O)C1(c2ccccc2C)CCCCC1. The molecule has 1 aliphatic carbocycles. The van der Waals surface area contributed by atoms with Gasteiger partial charge in [0.25, 0.3) is 0 Å². The highest BCUT2D eigenvalue weighted by Crippen LogP contribution is 2.41. The fraction of sp³-hybridized carbons (Fsp3) is 0.611. The van der Waals surface area contributed by atoms with E-state index in [2.05, 4.69) is 48.7 Å². The molecule has 3 nitrogen and oxygen atoms in total. The first kappa shape index (κ1) is 16.0. The second-order valence-electron chi connectivity index (χ2n) is 6.36. The fourth-order valence-electron chi connectivity index (χ4n) is 3.40. The maximum absolute atomic E-state index is 13.0. The molecule has 21 heavy (non-hydrogen) atoms. The quantitative estimate of drug-likeness (QED) is 0.874. The molecule has 2 N–H and O–H groups in total. The summed E-state index contributed by atoms with van der Waals surface area (Å²) in [5.74, 6) is 0.207. The van der Waals surface area contributed by atoms with E-state index in [9.17, 15) is 4.79 Å². The lowest BCUT2D eigenvalue weighted by Gasteiger charge is -2.37. The van der Waals surface area contributed by atoms with Gasteiger partial charge in [-0.2, -0.15) is 0 Å². The van der Waals surface area contributed by atoms with Gasteiger partial charge in [-0.3, -0.25) is 4.79 Å². The summed E-state index contributed by atoms with van der Waals surface area (Å²) in [4.78, 5) is 13.0. The number of likely N-dealkylation sites (N-methyl/N-ethyl adjacent to an activating group) is 1. The molecule has 0 saturated heterocycles. The van der Waals surface area contributed by atoms with Crippen LogP contribution in [0.1, 0.15) is 50.2 Å². The van der Waals surface area contributed by atoms with Crippen LogP contribution in [0.15, 0.2) is 24.3 Å². The molecule has 0 aliphatic heterocycles. The number of carbonyl (C=O) groups is 1.